The summed E-state index contributed by atoms with van der Waals surface area (Å²) in [6, 6.07) is 14.4. The largest absolute Gasteiger partial charge is 0.292 e. The van der Waals surface area contributed by atoms with Crippen molar-refractivity contribution in [3.8, 4) is 0 Å². The molecule has 4 rings (SSSR count). The van der Waals surface area contributed by atoms with Crippen molar-refractivity contribution in [2.75, 3.05) is 0 Å². The van der Waals surface area contributed by atoms with Crippen molar-refractivity contribution in [1.29, 1.82) is 0 Å². The first-order valence-corrected chi connectivity index (χ1v) is 9.22. The average molecular weight is 386 g/mol. The van der Waals surface area contributed by atoms with Crippen LogP contribution in [0.1, 0.15) is 29.5 Å². The van der Waals surface area contributed by atoms with Crippen LogP contribution in [0.15, 0.2) is 64.6 Å². The molecule has 0 unspecified atom stereocenters. The van der Waals surface area contributed by atoms with Crippen LogP contribution in [0, 0.1) is 0 Å². The maximum atomic E-state index is 12.7. The normalized spacial score (nSPS) is 11.3. The van der Waals surface area contributed by atoms with Gasteiger partial charge in [0.2, 0.25) is 0 Å². The number of rotatable bonds is 5. The Bertz CT molecular complexity index is 1300. The summed E-state index contributed by atoms with van der Waals surface area (Å²) in [5.74, 6) is -0.504. The van der Waals surface area contributed by atoms with Crippen LogP contribution in [0.2, 0.25) is 0 Å². The van der Waals surface area contributed by atoms with E-state index in [9.17, 15) is 9.59 Å². The Balaban J connectivity index is 1.62. The first kappa shape index (κ1) is 18.4. The summed E-state index contributed by atoms with van der Waals surface area (Å²) in [6.45, 7) is 2.37. The molecule has 0 aliphatic carbocycles. The van der Waals surface area contributed by atoms with E-state index >= 15 is 0 Å². The van der Waals surface area contributed by atoms with Gasteiger partial charge >= 0.3 is 0 Å². The molecular weight excluding hydrogens is 368 g/mol. The molecule has 0 aliphatic heterocycles. The zero-order chi connectivity index (χ0) is 20.2. The van der Waals surface area contributed by atoms with Crippen molar-refractivity contribution in [3.63, 3.8) is 0 Å². The summed E-state index contributed by atoms with van der Waals surface area (Å²) in [5.41, 5.74) is 4.43. The molecular formula is C21H18N6O2. The Hall–Kier alpha value is -3.94. The summed E-state index contributed by atoms with van der Waals surface area (Å²) in [4.78, 5) is 33.9. The standard InChI is InChI=1S/C21H18N6O2/c1-2-11-27-21(29)16-8-4-3-7-15(16)19(26-27)20(28)25-23-13-14-12-22-17-9-5-6-10-18(17)24-14/h3-10,12-13H,2,11H2,1H3,(H,25,28)/b23-13-. The molecule has 1 amide bonds. The third kappa shape index (κ3) is 3.73. The number of nitrogens with zero attached hydrogens (tertiary/aromatic N) is 5. The van der Waals surface area contributed by atoms with Crippen LogP contribution < -0.4 is 11.0 Å². The molecule has 4 aromatic rings. The lowest BCUT2D eigenvalue weighted by Gasteiger charge is -2.09. The second kappa shape index (κ2) is 7.97. The lowest BCUT2D eigenvalue weighted by molar-refractivity contribution is 0.0949. The summed E-state index contributed by atoms with van der Waals surface area (Å²) < 4.78 is 1.32. The fourth-order valence-electron chi connectivity index (χ4n) is 3.01. The van der Waals surface area contributed by atoms with Crippen LogP contribution in [-0.2, 0) is 6.54 Å². The van der Waals surface area contributed by atoms with E-state index in [0.717, 1.165) is 17.5 Å². The van der Waals surface area contributed by atoms with Crippen molar-refractivity contribution in [2.24, 2.45) is 5.10 Å². The maximum absolute atomic E-state index is 12.7. The van der Waals surface area contributed by atoms with E-state index in [1.54, 1.807) is 30.5 Å². The number of aryl methyl sites for hydroxylation is 1. The molecule has 0 bridgehead atoms. The van der Waals surface area contributed by atoms with Crippen LogP contribution in [-0.4, -0.2) is 31.9 Å². The number of hydrogen-bond donors (Lipinski definition) is 1. The Morgan fingerprint density at radius 1 is 1.10 bits per heavy atom. The summed E-state index contributed by atoms with van der Waals surface area (Å²) in [7, 11) is 0. The molecule has 2 heterocycles. The molecule has 0 aliphatic rings. The van der Waals surface area contributed by atoms with Crippen molar-refractivity contribution in [1.82, 2.24) is 25.2 Å². The molecule has 29 heavy (non-hydrogen) atoms. The SMILES string of the molecule is CCCn1nc(C(=O)N/N=C\c2cnc3ccccc3n2)c2ccccc2c1=O. The van der Waals surface area contributed by atoms with Crippen LogP contribution in [0.5, 0.6) is 0 Å². The minimum Gasteiger partial charge on any atom is -0.267 e. The maximum Gasteiger partial charge on any atom is 0.292 e. The van der Waals surface area contributed by atoms with Gasteiger partial charge in [0.25, 0.3) is 11.5 Å². The van der Waals surface area contributed by atoms with Gasteiger partial charge in [-0.25, -0.2) is 15.1 Å². The third-order valence-corrected chi connectivity index (χ3v) is 4.35. The number of fused-ring (bicyclic) bond motifs is 2. The molecule has 2 aromatic heterocycles. The number of amides is 1. The minimum absolute atomic E-state index is 0.149. The van der Waals surface area contributed by atoms with E-state index in [0.29, 0.717) is 23.0 Å². The molecule has 0 spiro atoms. The van der Waals surface area contributed by atoms with Crippen molar-refractivity contribution in [2.45, 2.75) is 19.9 Å². The number of hydrazone groups is 1. The van der Waals surface area contributed by atoms with Crippen LogP contribution in [0.25, 0.3) is 21.8 Å². The second-order valence-corrected chi connectivity index (χ2v) is 6.41. The molecule has 8 nitrogen and oxygen atoms in total. The van der Waals surface area contributed by atoms with Crippen molar-refractivity contribution >= 4 is 33.9 Å². The summed E-state index contributed by atoms with van der Waals surface area (Å²) in [6.07, 6.45) is 3.72. The monoisotopic (exact) mass is 386 g/mol. The number of carbonyl (C=O) groups is 1. The van der Waals surface area contributed by atoms with Crippen LogP contribution in [0.4, 0.5) is 0 Å². The number of carbonyl (C=O) groups excluding carboxylic acids is 1. The quantitative estimate of drug-likeness (QED) is 0.419. The van der Waals surface area contributed by atoms with Gasteiger partial charge in [0.05, 0.1) is 28.8 Å². The lowest BCUT2D eigenvalue weighted by atomic mass is 10.1. The van der Waals surface area contributed by atoms with Gasteiger partial charge in [-0.3, -0.25) is 14.6 Å². The number of nitrogens with one attached hydrogen (secondary N) is 1. The van der Waals surface area contributed by atoms with Gasteiger partial charge in [0.1, 0.15) is 5.69 Å². The molecule has 0 saturated carbocycles. The van der Waals surface area contributed by atoms with Gasteiger partial charge in [-0.15, -0.1) is 0 Å². The Labute approximate surface area is 165 Å². The molecule has 144 valence electrons. The fraction of sp³-hybridized carbons (Fsp3) is 0.143. The van der Waals surface area contributed by atoms with Gasteiger partial charge in [-0.2, -0.15) is 10.2 Å². The molecule has 0 fully saturated rings. The summed E-state index contributed by atoms with van der Waals surface area (Å²) >= 11 is 0. The molecule has 0 radical (unpaired) electrons. The molecule has 1 N–H and O–H groups in total. The third-order valence-electron chi connectivity index (χ3n) is 4.35. The van der Waals surface area contributed by atoms with E-state index in [1.165, 1.54) is 10.9 Å². The molecule has 0 atom stereocenters. The zero-order valence-corrected chi connectivity index (χ0v) is 15.7. The van der Waals surface area contributed by atoms with Gasteiger partial charge in [-0.1, -0.05) is 37.3 Å². The van der Waals surface area contributed by atoms with E-state index < -0.39 is 5.91 Å². The van der Waals surface area contributed by atoms with Crippen LogP contribution in [0.3, 0.4) is 0 Å². The minimum atomic E-state index is -0.504. The first-order chi connectivity index (χ1) is 14.2. The highest BCUT2D eigenvalue weighted by Gasteiger charge is 2.16. The highest BCUT2D eigenvalue weighted by Crippen LogP contribution is 2.13. The Morgan fingerprint density at radius 2 is 1.83 bits per heavy atom. The topological polar surface area (TPSA) is 102 Å². The highest BCUT2D eigenvalue weighted by atomic mass is 16.2. The van der Waals surface area contributed by atoms with Gasteiger partial charge in [0, 0.05) is 11.9 Å². The molecule has 8 heteroatoms. The number of para-hydroxylation sites is 2. The van der Waals surface area contributed by atoms with Crippen molar-refractivity contribution < 1.29 is 4.79 Å². The number of aromatic nitrogens is 4. The molecule has 2 aromatic carbocycles. The lowest BCUT2D eigenvalue weighted by Crippen LogP contribution is -2.29. The number of hydrogen-bond acceptors (Lipinski definition) is 6. The summed E-state index contributed by atoms with van der Waals surface area (Å²) in [5, 5.41) is 9.16. The van der Waals surface area contributed by atoms with E-state index in [4.69, 9.17) is 0 Å². The highest BCUT2D eigenvalue weighted by molar-refractivity contribution is 6.04. The first-order valence-electron chi connectivity index (χ1n) is 9.22. The smallest absolute Gasteiger partial charge is 0.267 e. The predicted molar refractivity (Wildman–Crippen MR) is 111 cm³/mol. The van der Waals surface area contributed by atoms with Gasteiger partial charge in [0.15, 0.2) is 5.69 Å². The van der Waals surface area contributed by atoms with Gasteiger partial charge < -0.3 is 0 Å². The van der Waals surface area contributed by atoms with Crippen molar-refractivity contribution in [3.05, 3.63) is 76.5 Å². The van der Waals surface area contributed by atoms with E-state index in [-0.39, 0.29) is 11.3 Å². The fourth-order valence-corrected chi connectivity index (χ4v) is 3.01. The average Bonchev–Trinajstić information content (AvgIpc) is 2.75. The number of benzene rings is 2. The molecule has 0 saturated heterocycles. The Kier molecular flexibility index (Phi) is 5.07. The van der Waals surface area contributed by atoms with Gasteiger partial charge in [-0.05, 0) is 24.6 Å². The Morgan fingerprint density at radius 3 is 2.62 bits per heavy atom. The second-order valence-electron chi connectivity index (χ2n) is 6.41. The van der Waals surface area contributed by atoms with E-state index in [2.05, 4.69) is 25.6 Å². The van der Waals surface area contributed by atoms with Crippen LogP contribution >= 0.6 is 0 Å². The predicted octanol–water partition coefficient (Wildman–Crippen LogP) is 2.51. The zero-order valence-electron chi connectivity index (χ0n) is 15.7. The van der Waals surface area contributed by atoms with E-state index in [1.807, 2.05) is 31.2 Å².